The molecule has 0 fully saturated rings. The maximum Gasteiger partial charge on any atom is 0.203 e. The van der Waals surface area contributed by atoms with E-state index in [1.807, 2.05) is 12.1 Å². The van der Waals surface area contributed by atoms with Crippen LogP contribution < -0.4 is 31.2 Å². The second-order valence-electron chi connectivity index (χ2n) is 14.5. The predicted molar refractivity (Wildman–Crippen MR) is 213 cm³/mol. The Hall–Kier alpha value is -3.46. The summed E-state index contributed by atoms with van der Waals surface area (Å²) in [6.45, 7) is 16.8. The smallest absolute Gasteiger partial charge is 0.203 e. The van der Waals surface area contributed by atoms with Crippen LogP contribution in [0.5, 0.6) is 17.2 Å². The lowest BCUT2D eigenvalue weighted by molar-refractivity contribution is -0.903. The van der Waals surface area contributed by atoms with Gasteiger partial charge in [-0.15, -0.1) is 0 Å². The SMILES string of the molecule is COc1cc(N=C(SCc2cc(C)cc(C)c2)N(CCCC[N+](C)(C)Cc2cc(C)cc(C)c2)Cc2cc(C)cc(C)c2)cc(OC)c1OC.[Br-]. The highest BCUT2D eigenvalue weighted by atomic mass is 79.9. The molecular weight excluding hydrogens is 718 g/mol. The van der Waals surface area contributed by atoms with E-state index in [4.69, 9.17) is 19.2 Å². The Morgan fingerprint density at radius 1 is 0.627 bits per heavy atom. The summed E-state index contributed by atoms with van der Waals surface area (Å²) in [6, 6.07) is 24.4. The third-order valence-electron chi connectivity index (χ3n) is 8.78. The van der Waals surface area contributed by atoms with Crippen molar-refractivity contribution in [1.82, 2.24) is 4.90 Å². The minimum absolute atomic E-state index is 0. The van der Waals surface area contributed by atoms with Crippen molar-refractivity contribution in [2.45, 2.75) is 73.2 Å². The van der Waals surface area contributed by atoms with Crippen molar-refractivity contribution in [1.29, 1.82) is 0 Å². The molecule has 0 N–H and O–H groups in total. The molecule has 0 unspecified atom stereocenters. The minimum atomic E-state index is 0. The molecule has 4 aromatic carbocycles. The lowest BCUT2D eigenvalue weighted by atomic mass is 10.1. The van der Waals surface area contributed by atoms with Crippen molar-refractivity contribution in [3.8, 4) is 17.2 Å². The number of amidine groups is 1. The quantitative estimate of drug-likeness (QED) is 0.0561. The van der Waals surface area contributed by atoms with Gasteiger partial charge in [0, 0.05) is 36.5 Å². The molecule has 0 amide bonds. The first-order valence-corrected chi connectivity index (χ1v) is 18.6. The van der Waals surface area contributed by atoms with Crippen molar-refractivity contribution in [2.75, 3.05) is 48.5 Å². The minimum Gasteiger partial charge on any atom is -1.00 e. The van der Waals surface area contributed by atoms with Crippen molar-refractivity contribution < 1.29 is 35.7 Å². The molecular formula is C43H58BrN3O3S. The van der Waals surface area contributed by atoms with Gasteiger partial charge in [-0.25, -0.2) is 4.99 Å². The molecule has 4 rings (SSSR count). The van der Waals surface area contributed by atoms with Gasteiger partial charge in [-0.1, -0.05) is 99.7 Å². The Morgan fingerprint density at radius 2 is 1.10 bits per heavy atom. The summed E-state index contributed by atoms with van der Waals surface area (Å²) in [5.74, 6) is 2.56. The Morgan fingerprint density at radius 3 is 1.57 bits per heavy atom. The van der Waals surface area contributed by atoms with Gasteiger partial charge in [0.2, 0.25) is 5.75 Å². The molecule has 0 saturated heterocycles. The van der Waals surface area contributed by atoms with Crippen LogP contribution in [0.1, 0.15) is 62.9 Å². The molecule has 8 heteroatoms. The molecule has 0 atom stereocenters. The van der Waals surface area contributed by atoms with E-state index in [-0.39, 0.29) is 17.0 Å². The number of hydrogen-bond acceptors (Lipinski definition) is 5. The number of thioether (sulfide) groups is 1. The lowest BCUT2D eigenvalue weighted by Gasteiger charge is -2.31. The van der Waals surface area contributed by atoms with Crippen LogP contribution in [0.2, 0.25) is 0 Å². The molecule has 276 valence electrons. The highest BCUT2D eigenvalue weighted by Gasteiger charge is 2.20. The first kappa shape index (κ1) is 42.0. The van der Waals surface area contributed by atoms with Crippen LogP contribution >= 0.6 is 11.8 Å². The van der Waals surface area contributed by atoms with Gasteiger partial charge in [-0.2, -0.15) is 0 Å². The van der Waals surface area contributed by atoms with E-state index in [9.17, 15) is 0 Å². The van der Waals surface area contributed by atoms with Gasteiger partial charge >= 0.3 is 0 Å². The first-order chi connectivity index (χ1) is 23.8. The van der Waals surface area contributed by atoms with Crippen LogP contribution in [-0.2, 0) is 18.8 Å². The summed E-state index contributed by atoms with van der Waals surface area (Å²) in [5.41, 5.74) is 12.5. The van der Waals surface area contributed by atoms with E-state index in [0.717, 1.165) is 60.1 Å². The zero-order chi connectivity index (χ0) is 36.4. The van der Waals surface area contributed by atoms with E-state index < -0.39 is 0 Å². The zero-order valence-electron chi connectivity index (χ0n) is 32.7. The number of methoxy groups -OCH3 is 3. The van der Waals surface area contributed by atoms with Crippen molar-refractivity contribution >= 4 is 22.6 Å². The number of benzene rings is 4. The van der Waals surface area contributed by atoms with Gasteiger partial charge in [0.05, 0.1) is 47.7 Å². The maximum atomic E-state index is 5.71. The van der Waals surface area contributed by atoms with Crippen LogP contribution in [0, 0.1) is 41.5 Å². The second kappa shape index (κ2) is 19.4. The van der Waals surface area contributed by atoms with Crippen LogP contribution in [0.3, 0.4) is 0 Å². The van der Waals surface area contributed by atoms with E-state index in [1.165, 1.54) is 50.1 Å². The highest BCUT2D eigenvalue weighted by Crippen LogP contribution is 2.41. The van der Waals surface area contributed by atoms with Crippen molar-refractivity contribution in [2.24, 2.45) is 4.99 Å². The highest BCUT2D eigenvalue weighted by molar-refractivity contribution is 8.13. The van der Waals surface area contributed by atoms with Gasteiger partial charge in [0.15, 0.2) is 16.7 Å². The summed E-state index contributed by atoms with van der Waals surface area (Å²) in [7, 11) is 9.62. The topological polar surface area (TPSA) is 43.3 Å². The van der Waals surface area contributed by atoms with Gasteiger partial charge in [0.25, 0.3) is 0 Å². The summed E-state index contributed by atoms with van der Waals surface area (Å²) >= 11 is 1.79. The number of quaternary nitrogens is 1. The summed E-state index contributed by atoms with van der Waals surface area (Å²) < 4.78 is 18.0. The van der Waals surface area contributed by atoms with Gasteiger partial charge < -0.3 is 40.6 Å². The third-order valence-corrected chi connectivity index (χ3v) is 9.87. The summed E-state index contributed by atoms with van der Waals surface area (Å²) in [6.07, 6.45) is 2.16. The number of halogens is 1. The first-order valence-electron chi connectivity index (χ1n) is 17.6. The molecule has 0 aliphatic carbocycles. The molecule has 0 aliphatic rings. The molecule has 0 bridgehead atoms. The van der Waals surface area contributed by atoms with Crippen molar-refractivity contribution in [3.63, 3.8) is 0 Å². The Labute approximate surface area is 322 Å². The fourth-order valence-corrected chi connectivity index (χ4v) is 7.91. The van der Waals surface area contributed by atoms with Gasteiger partial charge in [-0.05, 0) is 65.5 Å². The summed E-state index contributed by atoms with van der Waals surface area (Å²) in [5, 5.41) is 0.974. The predicted octanol–water partition coefficient (Wildman–Crippen LogP) is 7.05. The molecule has 0 radical (unpaired) electrons. The number of hydrogen-bond donors (Lipinski definition) is 0. The average Bonchev–Trinajstić information content (AvgIpc) is 3.02. The second-order valence-corrected chi connectivity index (χ2v) is 15.4. The summed E-state index contributed by atoms with van der Waals surface area (Å²) in [4.78, 5) is 7.81. The number of rotatable bonds is 15. The van der Waals surface area contributed by atoms with Crippen LogP contribution in [-0.4, -0.2) is 63.1 Å². The molecule has 51 heavy (non-hydrogen) atoms. The largest absolute Gasteiger partial charge is 1.00 e. The molecule has 4 aromatic rings. The molecule has 0 saturated carbocycles. The Kier molecular flexibility index (Phi) is 16.0. The maximum absolute atomic E-state index is 5.71. The van der Waals surface area contributed by atoms with Crippen molar-refractivity contribution in [3.05, 3.63) is 117 Å². The number of unbranched alkanes of at least 4 members (excludes halogenated alkanes) is 1. The normalized spacial score (nSPS) is 11.6. The number of ether oxygens (including phenoxy) is 3. The molecule has 6 nitrogen and oxygen atoms in total. The van der Waals surface area contributed by atoms with Crippen LogP contribution in [0.25, 0.3) is 0 Å². The van der Waals surface area contributed by atoms with Crippen LogP contribution in [0.4, 0.5) is 5.69 Å². The lowest BCUT2D eigenvalue weighted by Crippen LogP contribution is -3.00. The van der Waals surface area contributed by atoms with E-state index in [2.05, 4.69) is 115 Å². The van der Waals surface area contributed by atoms with Gasteiger partial charge in [0.1, 0.15) is 6.54 Å². The molecule has 0 aromatic heterocycles. The zero-order valence-corrected chi connectivity index (χ0v) is 35.1. The number of aliphatic imine (C=N–C) groups is 1. The van der Waals surface area contributed by atoms with E-state index in [0.29, 0.717) is 17.2 Å². The molecule has 0 heterocycles. The Bertz CT molecular complexity index is 1700. The molecule has 0 spiro atoms. The average molecular weight is 777 g/mol. The fourth-order valence-electron chi connectivity index (χ4n) is 6.94. The molecule has 0 aliphatic heterocycles. The monoisotopic (exact) mass is 775 g/mol. The van der Waals surface area contributed by atoms with E-state index in [1.54, 1.807) is 33.1 Å². The van der Waals surface area contributed by atoms with Crippen LogP contribution in [0.15, 0.2) is 71.7 Å². The standard InChI is InChI=1S/C43H58N3O3S.BrH/c1-30-16-31(2)20-36(19-30)27-45(14-12-13-15-46(7,8)28-37-21-32(3)17-33(4)22-37)43(50-29-38-23-34(5)18-35(6)24-38)44-39-25-40(47-9)42(49-11)41(26-39)48-10;/h16-26H,12-15,27-29H2,1-11H3;1H/q+1;/p-1. The fraction of sp³-hybridized carbons (Fsp3) is 0.419. The third kappa shape index (κ3) is 12.9. The Balaban J connectivity index is 0.00000702. The number of aryl methyl sites for hydroxylation is 6. The van der Waals surface area contributed by atoms with Gasteiger partial charge in [-0.3, -0.25) is 0 Å². The van der Waals surface area contributed by atoms with E-state index >= 15 is 0 Å². The number of nitrogens with zero attached hydrogens (tertiary/aromatic N) is 3.